The minimum Gasteiger partial charge on any atom is -0.481 e. The Kier molecular flexibility index (Phi) is 7.59. The number of carboxylic acids is 1. The van der Waals surface area contributed by atoms with E-state index in [-0.39, 0.29) is 18.4 Å². The smallest absolute Gasteiger partial charge is 0.303 e. The van der Waals surface area contributed by atoms with E-state index >= 15 is 0 Å². The summed E-state index contributed by atoms with van der Waals surface area (Å²) >= 11 is 0. The summed E-state index contributed by atoms with van der Waals surface area (Å²) in [4.78, 5) is 37.3. The molecule has 0 aliphatic rings. The third-order valence-corrected chi connectivity index (χ3v) is 2.28. The Labute approximate surface area is 93.1 Å². The molecule has 6 nitrogen and oxygen atoms in total. The quantitative estimate of drug-likeness (QED) is 0.378. The normalized spacial score (nSPS) is 13.1. The molecule has 88 valence electrons. The highest BCUT2D eigenvalue weighted by Crippen LogP contribution is 2.18. The highest BCUT2D eigenvalue weighted by molar-refractivity contribution is 5.67. The molecular weight excluding hydrogens is 212 g/mol. The van der Waals surface area contributed by atoms with Gasteiger partial charge in [0.05, 0.1) is 19.0 Å². The molecule has 0 heterocycles. The second-order valence-electron chi connectivity index (χ2n) is 3.43. The van der Waals surface area contributed by atoms with Crippen molar-refractivity contribution >= 4 is 18.1 Å². The molecule has 0 amide bonds. The number of nitrogens with zero attached hydrogens (tertiary/aromatic N) is 2. The number of aliphatic imine (C=N–C) groups is 2. The van der Waals surface area contributed by atoms with Gasteiger partial charge in [-0.2, -0.15) is 0 Å². The Morgan fingerprint density at radius 1 is 1.38 bits per heavy atom. The molecular formula is C10H14N2O4. The number of hydrogen-bond acceptors (Lipinski definition) is 5. The molecule has 0 aromatic rings. The van der Waals surface area contributed by atoms with Crippen molar-refractivity contribution < 1.29 is 19.5 Å². The van der Waals surface area contributed by atoms with Gasteiger partial charge in [0.1, 0.15) is 0 Å². The number of carbonyl (C=O) groups is 1. The van der Waals surface area contributed by atoms with Crippen molar-refractivity contribution in [3.05, 3.63) is 0 Å². The lowest BCUT2D eigenvalue weighted by Crippen LogP contribution is -2.19. The molecule has 6 heteroatoms. The van der Waals surface area contributed by atoms with Gasteiger partial charge in [-0.25, -0.2) is 19.6 Å². The third kappa shape index (κ3) is 6.65. The van der Waals surface area contributed by atoms with Crippen LogP contribution in [0.1, 0.15) is 26.2 Å². The molecule has 2 atom stereocenters. The molecule has 0 saturated carbocycles. The zero-order valence-electron chi connectivity index (χ0n) is 9.05. The Morgan fingerprint density at radius 3 is 2.56 bits per heavy atom. The van der Waals surface area contributed by atoms with Crippen molar-refractivity contribution in [1.82, 2.24) is 0 Å². The molecule has 0 aliphatic carbocycles. The first kappa shape index (κ1) is 14.2. The lowest BCUT2D eigenvalue weighted by molar-refractivity contribution is -0.138. The molecule has 0 aromatic carbocycles. The molecule has 0 fully saturated rings. The van der Waals surface area contributed by atoms with Gasteiger partial charge in [-0.1, -0.05) is 0 Å². The van der Waals surface area contributed by atoms with Gasteiger partial charge in [0.15, 0.2) is 0 Å². The first-order chi connectivity index (χ1) is 7.61. The van der Waals surface area contributed by atoms with Gasteiger partial charge in [-0.05, 0) is 25.7 Å². The minimum atomic E-state index is -0.933. The highest BCUT2D eigenvalue weighted by atomic mass is 16.4. The van der Waals surface area contributed by atoms with E-state index in [2.05, 4.69) is 9.98 Å². The van der Waals surface area contributed by atoms with E-state index in [1.807, 2.05) is 0 Å². The summed E-state index contributed by atoms with van der Waals surface area (Å²) < 4.78 is 0. The zero-order chi connectivity index (χ0) is 12.4. The van der Waals surface area contributed by atoms with Crippen molar-refractivity contribution in [2.24, 2.45) is 15.9 Å². The molecule has 0 bridgehead atoms. The zero-order valence-corrected chi connectivity index (χ0v) is 9.05. The number of aliphatic carboxylic acids is 1. The fourth-order valence-electron chi connectivity index (χ4n) is 1.40. The van der Waals surface area contributed by atoms with Gasteiger partial charge >= 0.3 is 5.97 Å². The molecule has 0 radical (unpaired) electrons. The van der Waals surface area contributed by atoms with Crippen molar-refractivity contribution in [3.63, 3.8) is 0 Å². The first-order valence-corrected chi connectivity index (χ1v) is 4.94. The van der Waals surface area contributed by atoms with Gasteiger partial charge in [0.2, 0.25) is 12.2 Å². The maximum Gasteiger partial charge on any atom is 0.303 e. The lowest BCUT2D eigenvalue weighted by atomic mass is 9.93. The maximum atomic E-state index is 10.6. The van der Waals surface area contributed by atoms with Crippen LogP contribution in [-0.2, 0) is 14.4 Å². The van der Waals surface area contributed by atoms with Gasteiger partial charge in [-0.15, -0.1) is 0 Å². The van der Waals surface area contributed by atoms with Crippen LogP contribution >= 0.6 is 0 Å². The Bertz CT molecular complexity index is 317. The Morgan fingerprint density at radius 2 is 2.06 bits per heavy atom. The second kappa shape index (κ2) is 8.53. The maximum absolute atomic E-state index is 10.6. The Hall–Kier alpha value is -1.77. The summed E-state index contributed by atoms with van der Waals surface area (Å²) in [6.07, 6.45) is 3.89. The predicted molar refractivity (Wildman–Crippen MR) is 55.5 cm³/mol. The fraction of sp³-hybridized carbons (Fsp3) is 0.700. The Balaban J connectivity index is 4.24. The van der Waals surface area contributed by atoms with Crippen molar-refractivity contribution in [3.8, 4) is 0 Å². The van der Waals surface area contributed by atoms with E-state index < -0.39 is 5.97 Å². The summed E-state index contributed by atoms with van der Waals surface area (Å²) in [5.41, 5.74) is 0. The van der Waals surface area contributed by atoms with E-state index in [4.69, 9.17) is 5.11 Å². The molecule has 0 aromatic heterocycles. The average Bonchev–Trinajstić information content (AvgIpc) is 2.22. The minimum absolute atomic E-state index is 0.0584. The molecule has 2 unspecified atom stereocenters. The SMILES string of the molecule is CC(N=C=O)C(CCCN=C=O)CC(=O)O. The van der Waals surface area contributed by atoms with Crippen LogP contribution in [0.25, 0.3) is 0 Å². The standard InChI is InChI=1S/C10H14N2O4/c1-8(12-7-14)9(5-10(15)16)3-2-4-11-6-13/h8-9H,2-5H2,1H3,(H,15,16). The predicted octanol–water partition coefficient (Wildman–Crippen LogP) is 0.918. The van der Waals surface area contributed by atoms with E-state index in [1.165, 1.54) is 12.2 Å². The molecule has 1 N–H and O–H groups in total. The molecule has 0 saturated heterocycles. The van der Waals surface area contributed by atoms with Crippen LogP contribution in [0.2, 0.25) is 0 Å². The van der Waals surface area contributed by atoms with Crippen LogP contribution in [0.4, 0.5) is 0 Å². The number of isocyanates is 2. The molecule has 0 rings (SSSR count). The molecule has 0 spiro atoms. The van der Waals surface area contributed by atoms with E-state index in [0.717, 1.165) is 0 Å². The number of carboxylic acid groups (broad SMARTS) is 1. The van der Waals surface area contributed by atoms with Crippen molar-refractivity contribution in [2.75, 3.05) is 6.54 Å². The van der Waals surface area contributed by atoms with E-state index in [0.29, 0.717) is 19.4 Å². The fourth-order valence-corrected chi connectivity index (χ4v) is 1.40. The van der Waals surface area contributed by atoms with Crippen molar-refractivity contribution in [2.45, 2.75) is 32.2 Å². The van der Waals surface area contributed by atoms with Crippen LogP contribution in [-0.4, -0.2) is 35.8 Å². The molecule has 16 heavy (non-hydrogen) atoms. The van der Waals surface area contributed by atoms with E-state index in [9.17, 15) is 14.4 Å². The average molecular weight is 226 g/mol. The summed E-state index contributed by atoms with van der Waals surface area (Å²) in [6.45, 7) is 1.98. The van der Waals surface area contributed by atoms with E-state index in [1.54, 1.807) is 6.92 Å². The first-order valence-electron chi connectivity index (χ1n) is 4.94. The number of hydrogen-bond donors (Lipinski definition) is 1. The third-order valence-electron chi connectivity index (χ3n) is 2.28. The topological polar surface area (TPSA) is 96.2 Å². The molecule has 0 aliphatic heterocycles. The van der Waals surface area contributed by atoms with Crippen LogP contribution < -0.4 is 0 Å². The van der Waals surface area contributed by atoms with Crippen molar-refractivity contribution in [1.29, 1.82) is 0 Å². The monoisotopic (exact) mass is 226 g/mol. The summed E-state index contributed by atoms with van der Waals surface area (Å²) in [6, 6.07) is -0.381. The lowest BCUT2D eigenvalue weighted by Gasteiger charge is -2.16. The van der Waals surface area contributed by atoms with Gasteiger partial charge in [0, 0.05) is 0 Å². The number of carbonyl (C=O) groups excluding carboxylic acids is 2. The summed E-state index contributed by atoms with van der Waals surface area (Å²) in [5.74, 6) is -1.17. The van der Waals surface area contributed by atoms with Crippen LogP contribution in [0.3, 0.4) is 0 Å². The van der Waals surface area contributed by atoms with Gasteiger partial charge in [-0.3, -0.25) is 4.79 Å². The largest absolute Gasteiger partial charge is 0.481 e. The highest BCUT2D eigenvalue weighted by Gasteiger charge is 2.19. The second-order valence-corrected chi connectivity index (χ2v) is 3.43. The van der Waals surface area contributed by atoms with Crippen LogP contribution in [0, 0.1) is 5.92 Å². The van der Waals surface area contributed by atoms with Gasteiger partial charge < -0.3 is 5.11 Å². The van der Waals surface area contributed by atoms with Gasteiger partial charge in [0.25, 0.3) is 0 Å². The summed E-state index contributed by atoms with van der Waals surface area (Å²) in [7, 11) is 0. The van der Waals surface area contributed by atoms with Crippen LogP contribution in [0.5, 0.6) is 0 Å². The van der Waals surface area contributed by atoms with Crippen LogP contribution in [0.15, 0.2) is 9.98 Å². The number of rotatable bonds is 8. The summed E-state index contributed by atoms with van der Waals surface area (Å²) in [5, 5.41) is 8.68.